The zero-order valence-corrected chi connectivity index (χ0v) is 16.6. The van der Waals surface area contributed by atoms with E-state index < -0.39 is 29.1 Å². The van der Waals surface area contributed by atoms with Crippen molar-refractivity contribution >= 4 is 50.2 Å². The van der Waals surface area contributed by atoms with Crippen LogP contribution in [0.3, 0.4) is 0 Å². The van der Waals surface area contributed by atoms with Crippen LogP contribution in [-0.2, 0) is 14.3 Å². The number of nitrogens with zero attached hydrogens (tertiary/aromatic N) is 2. The van der Waals surface area contributed by atoms with Crippen LogP contribution < -0.4 is 10.9 Å². The van der Waals surface area contributed by atoms with E-state index >= 15 is 0 Å². The summed E-state index contributed by atoms with van der Waals surface area (Å²) in [5.74, 6) is -3.49. The molecule has 0 aliphatic heterocycles. The van der Waals surface area contributed by atoms with Crippen LogP contribution in [0.25, 0.3) is 11.0 Å². The highest BCUT2D eigenvalue weighted by molar-refractivity contribution is 9.10. The van der Waals surface area contributed by atoms with Crippen molar-refractivity contribution in [3.05, 3.63) is 69.1 Å². The minimum Gasteiger partial charge on any atom is -0.468 e. The summed E-state index contributed by atoms with van der Waals surface area (Å²) < 4.78 is 5.52. The zero-order valence-electron chi connectivity index (χ0n) is 15.0. The molecule has 0 aliphatic carbocycles. The van der Waals surface area contributed by atoms with Crippen molar-refractivity contribution < 1.29 is 19.5 Å². The molecule has 2 aromatic carbocycles. The lowest BCUT2D eigenvalue weighted by atomic mass is 9.98. The number of hydrogen-bond acceptors (Lipinski definition) is 7. The molecular weight excluding hydrogens is 444 g/mol. The average Bonchev–Trinajstić information content (AvgIpc) is 2.72. The fourth-order valence-corrected chi connectivity index (χ4v) is 2.94. The van der Waals surface area contributed by atoms with Gasteiger partial charge in [0.25, 0.3) is 11.5 Å². The predicted octanol–water partition coefficient (Wildman–Crippen LogP) is 2.41. The van der Waals surface area contributed by atoms with Gasteiger partial charge in [0.05, 0.1) is 18.1 Å². The van der Waals surface area contributed by atoms with Crippen molar-refractivity contribution in [1.29, 1.82) is 0 Å². The van der Waals surface area contributed by atoms with Gasteiger partial charge in [0, 0.05) is 10.2 Å². The first-order valence-electron chi connectivity index (χ1n) is 8.30. The Labute approximate surface area is 172 Å². The lowest BCUT2D eigenvalue weighted by molar-refractivity contribution is -0.141. The number of nitrogens with one attached hydrogen (secondary N) is 2. The van der Waals surface area contributed by atoms with Crippen LogP contribution >= 0.6 is 15.9 Å². The second-order valence-corrected chi connectivity index (χ2v) is 6.79. The van der Waals surface area contributed by atoms with E-state index in [0.29, 0.717) is 16.7 Å². The summed E-state index contributed by atoms with van der Waals surface area (Å²) in [4.78, 5) is 44.4. The van der Waals surface area contributed by atoms with E-state index in [4.69, 9.17) is 4.74 Å². The Morgan fingerprint density at radius 1 is 1.21 bits per heavy atom. The molecular formula is C19H15BrN4O5. The monoisotopic (exact) mass is 458 g/mol. The quantitative estimate of drug-likeness (QED) is 0.232. The van der Waals surface area contributed by atoms with Crippen molar-refractivity contribution in [2.24, 2.45) is 5.16 Å². The van der Waals surface area contributed by atoms with E-state index in [1.54, 1.807) is 48.5 Å². The van der Waals surface area contributed by atoms with Crippen molar-refractivity contribution in [3.8, 4) is 0 Å². The maximum absolute atomic E-state index is 12.7. The number of anilines is 1. The van der Waals surface area contributed by atoms with E-state index in [9.17, 15) is 19.6 Å². The number of rotatable bonds is 5. The van der Waals surface area contributed by atoms with Gasteiger partial charge in [-0.25, -0.2) is 4.98 Å². The van der Waals surface area contributed by atoms with E-state index in [2.05, 4.69) is 36.4 Å². The molecule has 0 spiro atoms. The molecule has 9 nitrogen and oxygen atoms in total. The number of aromatic amines is 1. The number of amides is 1. The second-order valence-electron chi connectivity index (χ2n) is 5.87. The summed E-state index contributed by atoms with van der Waals surface area (Å²) in [5, 5.41) is 14.9. The average molecular weight is 459 g/mol. The number of fused-ring (bicyclic) bond motifs is 1. The molecule has 1 heterocycles. The van der Waals surface area contributed by atoms with E-state index in [1.807, 2.05) is 0 Å². The Morgan fingerprint density at radius 3 is 2.55 bits per heavy atom. The first kappa shape index (κ1) is 20.2. The summed E-state index contributed by atoms with van der Waals surface area (Å²) in [5.41, 5.74) is -0.435. The molecule has 0 saturated heterocycles. The fourth-order valence-electron chi connectivity index (χ4n) is 2.67. The van der Waals surface area contributed by atoms with Crippen LogP contribution in [-0.4, -0.2) is 39.9 Å². The van der Waals surface area contributed by atoms with Crippen LogP contribution in [0.4, 0.5) is 5.69 Å². The molecule has 1 aromatic heterocycles. The van der Waals surface area contributed by atoms with Gasteiger partial charge in [0.15, 0.2) is 11.6 Å². The molecule has 10 heteroatoms. The van der Waals surface area contributed by atoms with Gasteiger partial charge in [-0.05, 0) is 36.4 Å². The van der Waals surface area contributed by atoms with Crippen molar-refractivity contribution in [2.75, 3.05) is 12.4 Å². The number of aromatic nitrogens is 2. The van der Waals surface area contributed by atoms with Gasteiger partial charge in [-0.1, -0.05) is 33.2 Å². The summed E-state index contributed by atoms with van der Waals surface area (Å²) >= 11 is 3.28. The van der Waals surface area contributed by atoms with Gasteiger partial charge in [-0.3, -0.25) is 14.4 Å². The molecule has 3 N–H and O–H groups in total. The Kier molecular flexibility index (Phi) is 6.03. The maximum atomic E-state index is 12.7. The smallest absolute Gasteiger partial charge is 0.321 e. The van der Waals surface area contributed by atoms with Gasteiger partial charge in [0.1, 0.15) is 5.69 Å². The number of carbonyl (C=O) groups excluding carboxylic acids is 2. The number of carbonyl (C=O) groups is 2. The fraction of sp³-hybridized carbons (Fsp3) is 0.105. The molecule has 0 fully saturated rings. The molecule has 0 radical (unpaired) electrons. The van der Waals surface area contributed by atoms with Gasteiger partial charge < -0.3 is 20.2 Å². The summed E-state index contributed by atoms with van der Waals surface area (Å²) in [6.45, 7) is 0. The first-order valence-corrected chi connectivity index (χ1v) is 9.09. The van der Waals surface area contributed by atoms with Crippen molar-refractivity contribution in [2.45, 2.75) is 5.92 Å². The molecule has 0 unspecified atom stereocenters. The van der Waals surface area contributed by atoms with E-state index in [0.717, 1.165) is 11.6 Å². The predicted molar refractivity (Wildman–Crippen MR) is 109 cm³/mol. The largest absolute Gasteiger partial charge is 0.468 e. The van der Waals surface area contributed by atoms with Gasteiger partial charge in [-0.2, -0.15) is 0 Å². The third-order valence-corrected chi connectivity index (χ3v) is 4.58. The maximum Gasteiger partial charge on any atom is 0.321 e. The molecule has 3 aromatic rings. The van der Waals surface area contributed by atoms with Crippen LogP contribution in [0.5, 0.6) is 0 Å². The Bertz CT molecular complexity index is 1160. The number of para-hydroxylation sites is 2. The highest BCUT2D eigenvalue weighted by Gasteiger charge is 2.36. The Morgan fingerprint density at radius 2 is 1.90 bits per heavy atom. The topological polar surface area (TPSA) is 134 Å². The standard InChI is InChI=1S/C19H15BrN4O5/c1-29-19(27)14(15-17(25)23-13-5-3-2-4-12(13)22-15)16(24-28)18(26)21-11-8-6-10(20)7-9-11/h2-9,14,28H,1H3,(H,21,26)(H,23,25)/b24-16-/t14-/m0/s1. The highest BCUT2D eigenvalue weighted by Crippen LogP contribution is 2.19. The SMILES string of the molecule is COC(=O)[C@H](/C(=N/O)C(=O)Nc1ccc(Br)cc1)c1nc2ccccc2[nH]c1=O. The molecule has 0 saturated carbocycles. The van der Waals surface area contributed by atoms with Crippen LogP contribution in [0.1, 0.15) is 11.6 Å². The summed E-state index contributed by atoms with van der Waals surface area (Å²) in [7, 11) is 1.09. The number of benzene rings is 2. The molecule has 1 atom stereocenters. The number of oxime groups is 1. The van der Waals surface area contributed by atoms with Crippen molar-refractivity contribution in [3.63, 3.8) is 0 Å². The lowest BCUT2D eigenvalue weighted by Crippen LogP contribution is -2.37. The Balaban J connectivity index is 2.04. The van der Waals surface area contributed by atoms with E-state index in [1.165, 1.54) is 0 Å². The number of halogens is 1. The molecule has 29 heavy (non-hydrogen) atoms. The van der Waals surface area contributed by atoms with Gasteiger partial charge in [0.2, 0.25) is 0 Å². The molecule has 0 aliphatic rings. The first-order chi connectivity index (χ1) is 13.9. The summed E-state index contributed by atoms with van der Waals surface area (Å²) in [6, 6.07) is 13.3. The lowest BCUT2D eigenvalue weighted by Gasteiger charge is -2.15. The highest BCUT2D eigenvalue weighted by atomic mass is 79.9. The van der Waals surface area contributed by atoms with Crippen molar-refractivity contribution in [1.82, 2.24) is 9.97 Å². The minimum atomic E-state index is -1.63. The van der Waals surface area contributed by atoms with E-state index in [-0.39, 0.29) is 5.69 Å². The van der Waals surface area contributed by atoms with Gasteiger partial charge >= 0.3 is 5.97 Å². The van der Waals surface area contributed by atoms with Crippen LogP contribution in [0.15, 0.2) is 63.0 Å². The molecule has 1 amide bonds. The minimum absolute atomic E-state index is 0.325. The number of esters is 1. The number of ether oxygens (including phenoxy) is 1. The number of methoxy groups -OCH3 is 1. The van der Waals surface area contributed by atoms with Crippen LogP contribution in [0, 0.1) is 0 Å². The number of H-pyrrole nitrogens is 1. The van der Waals surface area contributed by atoms with Crippen LogP contribution in [0.2, 0.25) is 0 Å². The second kappa shape index (κ2) is 8.65. The third kappa shape index (κ3) is 4.32. The van der Waals surface area contributed by atoms with Gasteiger partial charge in [-0.15, -0.1) is 0 Å². The normalized spacial score (nSPS) is 12.4. The molecule has 148 valence electrons. The zero-order chi connectivity index (χ0) is 21.0. The Hall–Kier alpha value is -3.53. The summed E-state index contributed by atoms with van der Waals surface area (Å²) in [6.07, 6.45) is 0. The molecule has 0 bridgehead atoms. The third-order valence-electron chi connectivity index (χ3n) is 4.05. The number of hydrogen-bond donors (Lipinski definition) is 3. The molecule has 3 rings (SSSR count).